The fourth-order valence-corrected chi connectivity index (χ4v) is 3.82. The van der Waals surface area contributed by atoms with Crippen LogP contribution in [0, 0.1) is 29.6 Å². The first kappa shape index (κ1) is 22.7. The molecule has 2 heterocycles. The highest BCUT2D eigenvalue weighted by Gasteiger charge is 2.20. The number of pyridine rings is 1. The van der Waals surface area contributed by atoms with Gasteiger partial charge in [-0.05, 0) is 49.7 Å². The van der Waals surface area contributed by atoms with Crippen LogP contribution in [0.1, 0.15) is 45.8 Å². The largest absolute Gasteiger partial charge is 0.476 e. The zero-order valence-electron chi connectivity index (χ0n) is 18.2. The number of nitrogens with one attached hydrogen (secondary N) is 1. The Morgan fingerprint density at radius 1 is 1.06 bits per heavy atom. The summed E-state index contributed by atoms with van der Waals surface area (Å²) in [7, 11) is 0. The van der Waals surface area contributed by atoms with E-state index in [0.717, 1.165) is 11.1 Å². The molecule has 4 aromatic rings. The topological polar surface area (TPSA) is 136 Å². The van der Waals surface area contributed by atoms with E-state index >= 15 is 0 Å². The fraction of sp³-hybridized carbons (Fsp3) is 0.120. The summed E-state index contributed by atoms with van der Waals surface area (Å²) in [5, 5.41) is 31.5. The van der Waals surface area contributed by atoms with Gasteiger partial charge in [0, 0.05) is 11.1 Å². The standard InChI is InChI=1S/C25H17ClN6O2/c1-13-9-17(14(2)29-18-7-8-21(26)31-24(18)25(33)34)23-19(10-13)30-20(12-28)22(32-23)16-5-3-15(11-27)4-6-16/h3-10,14,29H,1-2H3,(H,33,34)/t14-/m1/s1. The van der Waals surface area contributed by atoms with Crippen LogP contribution in [-0.2, 0) is 0 Å². The highest BCUT2D eigenvalue weighted by atomic mass is 35.5. The Bertz CT molecular complexity index is 1520. The van der Waals surface area contributed by atoms with Crippen LogP contribution >= 0.6 is 11.6 Å². The van der Waals surface area contributed by atoms with E-state index in [2.05, 4.69) is 27.4 Å². The molecule has 0 unspecified atom stereocenters. The molecule has 0 bridgehead atoms. The Morgan fingerprint density at radius 2 is 1.79 bits per heavy atom. The normalized spacial score (nSPS) is 11.4. The van der Waals surface area contributed by atoms with E-state index in [1.165, 1.54) is 6.07 Å². The molecule has 0 aliphatic heterocycles. The third kappa shape index (κ3) is 4.36. The Kier molecular flexibility index (Phi) is 6.09. The van der Waals surface area contributed by atoms with Crippen LogP contribution in [0.4, 0.5) is 5.69 Å². The summed E-state index contributed by atoms with van der Waals surface area (Å²) in [5.41, 5.74) is 4.65. The quantitative estimate of drug-likeness (QED) is 0.378. The molecule has 9 heteroatoms. The summed E-state index contributed by atoms with van der Waals surface area (Å²) < 4.78 is 0. The summed E-state index contributed by atoms with van der Waals surface area (Å²) in [6, 6.07) is 17.4. The average Bonchev–Trinajstić information content (AvgIpc) is 2.83. The molecule has 0 fully saturated rings. The summed E-state index contributed by atoms with van der Waals surface area (Å²) in [4.78, 5) is 24.9. The summed E-state index contributed by atoms with van der Waals surface area (Å²) in [6.45, 7) is 3.78. The summed E-state index contributed by atoms with van der Waals surface area (Å²) in [6.07, 6.45) is 0. The number of carbonyl (C=O) groups is 1. The number of benzene rings is 2. The van der Waals surface area contributed by atoms with Crippen LogP contribution in [-0.4, -0.2) is 26.0 Å². The maximum Gasteiger partial charge on any atom is 0.356 e. The lowest BCUT2D eigenvalue weighted by Crippen LogP contribution is -2.13. The molecule has 0 spiro atoms. The van der Waals surface area contributed by atoms with Crippen molar-refractivity contribution in [3.63, 3.8) is 0 Å². The van der Waals surface area contributed by atoms with Crippen LogP contribution in [0.5, 0.6) is 0 Å². The number of carboxylic acids is 1. The van der Waals surface area contributed by atoms with Crippen molar-refractivity contribution in [1.82, 2.24) is 15.0 Å². The molecule has 166 valence electrons. The summed E-state index contributed by atoms with van der Waals surface area (Å²) >= 11 is 5.87. The van der Waals surface area contributed by atoms with Crippen LogP contribution in [0.3, 0.4) is 0 Å². The Labute approximate surface area is 200 Å². The van der Waals surface area contributed by atoms with Gasteiger partial charge in [0.15, 0.2) is 11.4 Å². The second-order valence-corrected chi connectivity index (χ2v) is 8.03. The van der Waals surface area contributed by atoms with Gasteiger partial charge in [-0.1, -0.05) is 29.8 Å². The smallest absolute Gasteiger partial charge is 0.356 e. The van der Waals surface area contributed by atoms with Gasteiger partial charge in [-0.25, -0.2) is 19.7 Å². The van der Waals surface area contributed by atoms with Crippen LogP contribution < -0.4 is 5.32 Å². The van der Waals surface area contributed by atoms with Crippen LogP contribution in [0.25, 0.3) is 22.3 Å². The van der Waals surface area contributed by atoms with E-state index in [4.69, 9.17) is 21.8 Å². The van der Waals surface area contributed by atoms with Crippen molar-refractivity contribution < 1.29 is 9.90 Å². The molecule has 0 saturated heterocycles. The highest BCUT2D eigenvalue weighted by molar-refractivity contribution is 6.29. The van der Waals surface area contributed by atoms with Crippen molar-refractivity contribution in [2.24, 2.45) is 0 Å². The number of anilines is 1. The third-order valence-corrected chi connectivity index (χ3v) is 5.45. The number of halogens is 1. The lowest BCUT2D eigenvalue weighted by atomic mass is 10.0. The third-order valence-electron chi connectivity index (χ3n) is 5.24. The number of carboxylic acid groups (broad SMARTS) is 1. The molecule has 0 aliphatic carbocycles. The molecule has 2 N–H and O–H groups in total. The van der Waals surface area contributed by atoms with Gasteiger partial charge in [0.2, 0.25) is 0 Å². The molecular formula is C25H17ClN6O2. The van der Waals surface area contributed by atoms with Crippen molar-refractivity contribution in [2.75, 3.05) is 5.32 Å². The SMILES string of the molecule is Cc1cc([C@@H](C)Nc2ccc(Cl)nc2C(=O)O)c2nc(-c3ccc(C#N)cc3)c(C#N)nc2c1. The number of fused-ring (bicyclic) bond motifs is 1. The van der Waals surface area contributed by atoms with E-state index in [0.29, 0.717) is 33.5 Å². The van der Waals surface area contributed by atoms with Gasteiger partial charge in [0.25, 0.3) is 0 Å². The summed E-state index contributed by atoms with van der Waals surface area (Å²) in [5.74, 6) is -1.20. The second kappa shape index (κ2) is 9.14. The van der Waals surface area contributed by atoms with E-state index < -0.39 is 5.97 Å². The number of aryl methyl sites for hydroxylation is 1. The average molecular weight is 469 g/mol. The number of aromatic carboxylic acids is 1. The molecule has 0 amide bonds. The first-order valence-electron chi connectivity index (χ1n) is 10.2. The first-order valence-corrected chi connectivity index (χ1v) is 10.6. The molecule has 2 aromatic heterocycles. The Balaban J connectivity index is 1.85. The Hall–Kier alpha value is -4.53. The highest BCUT2D eigenvalue weighted by Crippen LogP contribution is 2.31. The number of nitriles is 2. The maximum absolute atomic E-state index is 11.6. The number of nitrogens with zero attached hydrogens (tertiary/aromatic N) is 5. The van der Waals surface area contributed by atoms with Crippen molar-refractivity contribution in [3.05, 3.63) is 81.8 Å². The first-order chi connectivity index (χ1) is 16.3. The number of hydrogen-bond donors (Lipinski definition) is 2. The maximum atomic E-state index is 11.6. The molecule has 4 rings (SSSR count). The van der Waals surface area contributed by atoms with Gasteiger partial charge in [-0.15, -0.1) is 0 Å². The van der Waals surface area contributed by atoms with Crippen LogP contribution in [0.15, 0.2) is 48.5 Å². The van der Waals surface area contributed by atoms with Gasteiger partial charge >= 0.3 is 5.97 Å². The Morgan fingerprint density at radius 3 is 2.44 bits per heavy atom. The molecule has 34 heavy (non-hydrogen) atoms. The van der Waals surface area contributed by atoms with Gasteiger partial charge < -0.3 is 10.4 Å². The molecule has 0 saturated carbocycles. The molecule has 2 aromatic carbocycles. The van der Waals surface area contributed by atoms with Gasteiger partial charge in [-0.2, -0.15) is 10.5 Å². The number of aromatic nitrogens is 3. The lowest BCUT2D eigenvalue weighted by molar-refractivity contribution is 0.0691. The van der Waals surface area contributed by atoms with E-state index in [-0.39, 0.29) is 22.6 Å². The zero-order chi connectivity index (χ0) is 24.4. The van der Waals surface area contributed by atoms with Gasteiger partial charge in [0.05, 0.1) is 34.4 Å². The van der Waals surface area contributed by atoms with E-state index in [1.54, 1.807) is 30.3 Å². The minimum Gasteiger partial charge on any atom is -0.476 e. The lowest BCUT2D eigenvalue weighted by Gasteiger charge is -2.19. The molecule has 1 atom stereocenters. The monoisotopic (exact) mass is 468 g/mol. The van der Waals surface area contributed by atoms with Crippen molar-refractivity contribution in [2.45, 2.75) is 19.9 Å². The predicted octanol–water partition coefficient (Wildman–Crippen LogP) is 5.27. The minimum atomic E-state index is -1.20. The van der Waals surface area contributed by atoms with Crippen molar-refractivity contribution in [3.8, 4) is 23.4 Å². The number of hydrogen-bond acceptors (Lipinski definition) is 7. The molecule has 8 nitrogen and oxygen atoms in total. The number of rotatable bonds is 5. The van der Waals surface area contributed by atoms with Crippen LogP contribution in [0.2, 0.25) is 5.15 Å². The second-order valence-electron chi connectivity index (χ2n) is 7.64. The van der Waals surface area contributed by atoms with E-state index in [1.807, 2.05) is 26.0 Å². The van der Waals surface area contributed by atoms with E-state index in [9.17, 15) is 15.2 Å². The predicted molar refractivity (Wildman–Crippen MR) is 127 cm³/mol. The minimum absolute atomic E-state index is 0.0820. The van der Waals surface area contributed by atoms with Gasteiger partial charge in [-0.3, -0.25) is 0 Å². The zero-order valence-corrected chi connectivity index (χ0v) is 18.9. The van der Waals surface area contributed by atoms with Crippen molar-refractivity contribution in [1.29, 1.82) is 10.5 Å². The molecule has 0 radical (unpaired) electrons. The molecular weight excluding hydrogens is 452 g/mol. The molecule has 0 aliphatic rings. The fourth-order valence-electron chi connectivity index (χ4n) is 3.67. The van der Waals surface area contributed by atoms with Gasteiger partial charge in [0.1, 0.15) is 16.9 Å². The van der Waals surface area contributed by atoms with Crippen molar-refractivity contribution >= 4 is 34.3 Å².